The average molecular weight is 903 g/mol. The molecule has 0 aromatic carbocycles. The third-order valence-corrected chi connectivity index (χ3v) is 12.7. The molecule has 0 spiro atoms. The number of nitrogens with one attached hydrogen (secondary N) is 2. The Morgan fingerprint density at radius 3 is 1.60 bits per heavy atom. The van der Waals surface area contributed by atoms with Gasteiger partial charge in [0.05, 0.1) is 38.6 Å². The second-order valence-electron chi connectivity index (χ2n) is 18.5. The molecule has 1 rings (SSSR count). The first kappa shape index (κ1) is 57.8. The Kier molecular flexibility index (Phi) is 31.9. The number of Topliss-reactive ketones (excluding diaryl/α,β-unsaturated/α-hetero) is 5. The van der Waals surface area contributed by atoms with E-state index in [1.807, 2.05) is 7.05 Å². The molecule has 360 valence electrons. The Bertz CT molecular complexity index is 1300. The van der Waals surface area contributed by atoms with Crippen molar-refractivity contribution in [3.63, 3.8) is 0 Å². The second kappa shape index (κ2) is 34.2. The fraction of sp³-hybridized carbons (Fsp3) is 0.872. The van der Waals surface area contributed by atoms with Crippen LogP contribution in [0.4, 0.5) is 0 Å². The first-order chi connectivity index (χ1) is 29.6. The van der Waals surface area contributed by atoms with Crippen molar-refractivity contribution in [2.75, 3.05) is 98.0 Å². The first-order valence-electron chi connectivity index (χ1n) is 24.0. The van der Waals surface area contributed by atoms with Gasteiger partial charge in [0.1, 0.15) is 67.3 Å². The van der Waals surface area contributed by atoms with Crippen LogP contribution in [0.1, 0.15) is 149 Å². The molecule has 62 heavy (non-hydrogen) atoms. The van der Waals surface area contributed by atoms with Gasteiger partial charge in [-0.05, 0) is 85.4 Å². The summed E-state index contributed by atoms with van der Waals surface area (Å²) in [6.45, 7) is 13.2. The number of alkyl halides is 1. The van der Waals surface area contributed by atoms with Crippen molar-refractivity contribution in [1.29, 1.82) is 0 Å². The lowest BCUT2D eigenvalue weighted by molar-refractivity contribution is -0.970. The molecule has 1 fully saturated rings. The Morgan fingerprint density at radius 1 is 0.661 bits per heavy atom. The van der Waals surface area contributed by atoms with Gasteiger partial charge in [-0.15, -0.1) is 11.6 Å². The summed E-state index contributed by atoms with van der Waals surface area (Å²) in [5.41, 5.74) is 0. The smallest absolute Gasteiger partial charge is 0.220 e. The monoisotopic (exact) mass is 902 g/mol. The van der Waals surface area contributed by atoms with Crippen LogP contribution < -0.4 is 10.6 Å². The zero-order chi connectivity index (χ0) is 46.2. The third-order valence-electron chi connectivity index (χ3n) is 12.3. The molecule has 0 saturated carbocycles. The summed E-state index contributed by atoms with van der Waals surface area (Å²) in [5.74, 6) is 0.657. The molecular formula is C47H88ClN5O9+2. The largest absolute Gasteiger partial charge is 0.386 e. The van der Waals surface area contributed by atoms with E-state index in [0.29, 0.717) is 166 Å². The maximum atomic E-state index is 13.1. The Balaban J connectivity index is 2.86. The van der Waals surface area contributed by atoms with E-state index >= 15 is 0 Å². The zero-order valence-electron chi connectivity index (χ0n) is 39.3. The molecule has 1 aliphatic rings. The molecule has 1 heterocycles. The number of rotatable bonds is 43. The summed E-state index contributed by atoms with van der Waals surface area (Å²) in [5, 5.41) is 38.7. The number of hydrogen-bond donors (Lipinski definition) is 5. The number of likely N-dealkylation sites (N-methyl/N-ethyl adjacent to an activating group) is 1. The Morgan fingerprint density at radius 2 is 1.11 bits per heavy atom. The van der Waals surface area contributed by atoms with Gasteiger partial charge in [-0.25, -0.2) is 0 Å². The molecule has 0 aromatic heterocycles. The van der Waals surface area contributed by atoms with Crippen molar-refractivity contribution in [3.05, 3.63) is 0 Å². The molecule has 3 atom stereocenters. The molecule has 0 aromatic rings. The standard InChI is InChI=1S/C47H87ClN5O9/c1-5-6-27-51(28-13-21-41(56)18-9-7-16-39(2)54)34-45(60)36-52(35-44(59)33-48,29-14-22-42(57)19-10-8-17-40(3)55)30-15-23-43(58)20-11-12-24-47(62)50-26-32-53(31-25-49-4)37-46(61)38-53/h44-46,49,59-61H,5-38H2,1-4H3/q+1/p+1. The highest BCUT2D eigenvalue weighted by Crippen LogP contribution is 2.21. The predicted octanol–water partition coefficient (Wildman–Crippen LogP) is 4.30. The van der Waals surface area contributed by atoms with Gasteiger partial charge < -0.3 is 49.4 Å². The highest BCUT2D eigenvalue weighted by Gasteiger charge is 2.42. The third kappa shape index (κ3) is 28.6. The summed E-state index contributed by atoms with van der Waals surface area (Å²) in [4.78, 5) is 75.8. The molecule has 15 heteroatoms. The molecule has 0 bridgehead atoms. The number of carbonyl (C=O) groups is 6. The molecule has 0 radical (unpaired) electrons. The Labute approximate surface area is 379 Å². The fourth-order valence-corrected chi connectivity index (χ4v) is 8.91. The van der Waals surface area contributed by atoms with Gasteiger partial charge in [0, 0.05) is 83.7 Å². The summed E-state index contributed by atoms with van der Waals surface area (Å²) in [7, 11) is 1.91. The maximum Gasteiger partial charge on any atom is 0.220 e. The quantitative estimate of drug-likeness (QED) is 0.0334. The number of likely N-dealkylation sites (tertiary alicyclic amines) is 1. The number of aliphatic hydroxyl groups excluding tert-OH is 3. The van der Waals surface area contributed by atoms with Crippen LogP contribution in [0.15, 0.2) is 0 Å². The normalized spacial score (nSPS) is 18.2. The van der Waals surface area contributed by atoms with Crippen molar-refractivity contribution < 1.29 is 53.1 Å². The number of ketones is 5. The first-order valence-corrected chi connectivity index (χ1v) is 24.6. The van der Waals surface area contributed by atoms with Crippen LogP contribution in [0.25, 0.3) is 0 Å². The van der Waals surface area contributed by atoms with Crippen LogP contribution in [-0.4, -0.2) is 180 Å². The maximum absolute atomic E-state index is 13.1. The fourth-order valence-electron chi connectivity index (χ4n) is 8.81. The van der Waals surface area contributed by atoms with Crippen molar-refractivity contribution in [3.8, 4) is 0 Å². The number of amides is 1. The lowest BCUT2D eigenvalue weighted by Gasteiger charge is -2.48. The van der Waals surface area contributed by atoms with E-state index in [1.54, 1.807) is 13.8 Å². The topological polar surface area (TPSA) is 190 Å². The second-order valence-corrected chi connectivity index (χ2v) is 18.8. The average Bonchev–Trinajstić information content (AvgIpc) is 3.20. The van der Waals surface area contributed by atoms with E-state index in [1.165, 1.54) is 0 Å². The van der Waals surface area contributed by atoms with Crippen LogP contribution in [0, 0.1) is 0 Å². The van der Waals surface area contributed by atoms with Gasteiger partial charge in [-0.3, -0.25) is 19.2 Å². The van der Waals surface area contributed by atoms with Crippen LogP contribution in [0.2, 0.25) is 0 Å². The summed E-state index contributed by atoms with van der Waals surface area (Å²) in [6, 6.07) is 0. The lowest BCUT2D eigenvalue weighted by atomic mass is 10.0. The van der Waals surface area contributed by atoms with E-state index in [-0.39, 0.29) is 53.4 Å². The minimum Gasteiger partial charge on any atom is -0.386 e. The van der Waals surface area contributed by atoms with Crippen molar-refractivity contribution >= 4 is 46.4 Å². The highest BCUT2D eigenvalue weighted by atomic mass is 35.5. The van der Waals surface area contributed by atoms with Crippen LogP contribution in [0.3, 0.4) is 0 Å². The van der Waals surface area contributed by atoms with Gasteiger partial charge >= 0.3 is 0 Å². The number of halogens is 1. The molecule has 14 nitrogen and oxygen atoms in total. The minimum absolute atomic E-state index is 0.0164. The number of hydrogen-bond acceptors (Lipinski definition) is 11. The molecule has 3 unspecified atom stereocenters. The molecule has 1 aliphatic heterocycles. The summed E-state index contributed by atoms with van der Waals surface area (Å²) in [6.07, 6.45) is 9.52. The number of aliphatic hydroxyl groups is 3. The van der Waals surface area contributed by atoms with Crippen molar-refractivity contribution in [2.24, 2.45) is 0 Å². The highest BCUT2D eigenvalue weighted by molar-refractivity contribution is 6.18. The van der Waals surface area contributed by atoms with E-state index in [0.717, 1.165) is 49.9 Å². The SMILES string of the molecule is CCCCN(CCCC(=O)CCCCC(C)=O)CC(O)C[N+](CCCC(=O)CCCCC(C)=O)(CCCC(=O)CCCCC(=O)NCC[N+]1(CCNC)CC(O)C1)CC(O)CCl. The predicted molar refractivity (Wildman–Crippen MR) is 246 cm³/mol. The summed E-state index contributed by atoms with van der Waals surface area (Å²) >= 11 is 6.16. The van der Waals surface area contributed by atoms with E-state index in [4.69, 9.17) is 11.6 Å². The molecule has 1 amide bonds. The Hall–Kier alpha value is -2.17. The number of quaternary nitrogens is 2. The number of nitrogens with zero attached hydrogens (tertiary/aromatic N) is 3. The summed E-state index contributed by atoms with van der Waals surface area (Å²) < 4.78 is 1.11. The van der Waals surface area contributed by atoms with Gasteiger partial charge in [0.25, 0.3) is 0 Å². The zero-order valence-corrected chi connectivity index (χ0v) is 40.0. The molecular weight excluding hydrogens is 814 g/mol. The van der Waals surface area contributed by atoms with Gasteiger partial charge in [-0.2, -0.15) is 0 Å². The van der Waals surface area contributed by atoms with Gasteiger partial charge in [0.2, 0.25) is 5.91 Å². The molecule has 1 saturated heterocycles. The van der Waals surface area contributed by atoms with E-state index in [2.05, 4.69) is 22.5 Å². The van der Waals surface area contributed by atoms with Crippen LogP contribution in [-0.2, 0) is 28.8 Å². The van der Waals surface area contributed by atoms with E-state index in [9.17, 15) is 44.1 Å². The molecule has 0 aliphatic carbocycles. The van der Waals surface area contributed by atoms with Crippen molar-refractivity contribution in [1.82, 2.24) is 15.5 Å². The lowest BCUT2D eigenvalue weighted by Crippen LogP contribution is -2.69. The molecule has 5 N–H and O–H groups in total. The number of carbonyl (C=O) groups excluding carboxylic acids is 6. The van der Waals surface area contributed by atoms with E-state index < -0.39 is 12.2 Å². The van der Waals surface area contributed by atoms with Gasteiger partial charge in [0.15, 0.2) is 6.10 Å². The minimum atomic E-state index is -0.844. The van der Waals surface area contributed by atoms with Gasteiger partial charge in [-0.1, -0.05) is 13.3 Å². The number of unbranched alkanes of at least 4 members (excludes halogenated alkanes) is 4. The van der Waals surface area contributed by atoms with Crippen molar-refractivity contribution in [2.45, 2.75) is 167 Å². The van der Waals surface area contributed by atoms with Crippen LogP contribution in [0.5, 0.6) is 0 Å². The van der Waals surface area contributed by atoms with Crippen LogP contribution >= 0.6 is 11.6 Å².